The summed E-state index contributed by atoms with van der Waals surface area (Å²) in [7, 11) is 3.79. The minimum atomic E-state index is 0.613. The van der Waals surface area contributed by atoms with E-state index < -0.39 is 0 Å². The number of hydrogen-bond acceptors (Lipinski definition) is 4. The van der Waals surface area contributed by atoms with E-state index in [1.165, 1.54) is 4.88 Å². The molecule has 0 amide bonds. The number of para-hydroxylation sites is 2. The summed E-state index contributed by atoms with van der Waals surface area (Å²) < 4.78 is 2.10. The molecule has 2 heterocycles. The van der Waals surface area contributed by atoms with Crippen molar-refractivity contribution >= 4 is 28.3 Å². The zero-order valence-electron chi connectivity index (χ0n) is 13.5. The molecule has 0 fully saturated rings. The molecule has 0 aliphatic heterocycles. The van der Waals surface area contributed by atoms with Gasteiger partial charge in [-0.1, -0.05) is 12.1 Å². The molecular formula is C16H20N6S. The first kappa shape index (κ1) is 15.5. The lowest BCUT2D eigenvalue weighted by Crippen LogP contribution is -2.36. The highest BCUT2D eigenvalue weighted by Crippen LogP contribution is 2.14. The Morgan fingerprint density at radius 2 is 2.04 bits per heavy atom. The van der Waals surface area contributed by atoms with Crippen molar-refractivity contribution in [3.8, 4) is 0 Å². The maximum absolute atomic E-state index is 4.65. The van der Waals surface area contributed by atoms with E-state index in [9.17, 15) is 0 Å². The van der Waals surface area contributed by atoms with Crippen LogP contribution in [-0.4, -0.2) is 27.5 Å². The topological polar surface area (TPSA) is 67.1 Å². The van der Waals surface area contributed by atoms with Gasteiger partial charge in [-0.15, -0.1) is 11.3 Å². The quantitative estimate of drug-likeness (QED) is 0.569. The highest BCUT2D eigenvalue weighted by molar-refractivity contribution is 7.11. The van der Waals surface area contributed by atoms with Crippen LogP contribution in [0.15, 0.2) is 35.5 Å². The number of aromatic nitrogens is 3. The zero-order valence-corrected chi connectivity index (χ0v) is 14.3. The average molecular weight is 328 g/mol. The molecule has 6 nitrogen and oxygen atoms in total. The number of guanidine groups is 1. The second-order valence-electron chi connectivity index (χ2n) is 5.22. The van der Waals surface area contributed by atoms with E-state index in [1.807, 2.05) is 31.4 Å². The molecule has 1 aromatic carbocycles. The summed E-state index contributed by atoms with van der Waals surface area (Å²) in [6.07, 6.45) is 1.89. The van der Waals surface area contributed by atoms with E-state index in [0.29, 0.717) is 13.1 Å². The summed E-state index contributed by atoms with van der Waals surface area (Å²) in [4.78, 5) is 14.4. The molecule has 0 radical (unpaired) electrons. The van der Waals surface area contributed by atoms with Crippen LogP contribution in [0, 0.1) is 6.92 Å². The molecule has 0 bridgehead atoms. The van der Waals surface area contributed by atoms with Crippen LogP contribution in [0.2, 0.25) is 0 Å². The monoisotopic (exact) mass is 328 g/mol. The summed E-state index contributed by atoms with van der Waals surface area (Å²) in [5.74, 6) is 1.71. The van der Waals surface area contributed by atoms with E-state index >= 15 is 0 Å². The number of rotatable bonds is 4. The number of thiazole rings is 1. The predicted molar refractivity (Wildman–Crippen MR) is 94.6 cm³/mol. The van der Waals surface area contributed by atoms with E-state index in [1.54, 1.807) is 18.4 Å². The standard InChI is InChI=1S/C16H20N6S/c1-11-8-18-15(23-11)10-20-16(17-2)19-9-14-21-12-6-4-5-7-13(12)22(14)3/h4-8H,9-10H2,1-3H3,(H2,17,19,20). The van der Waals surface area contributed by atoms with Crippen molar-refractivity contribution in [1.82, 2.24) is 25.2 Å². The van der Waals surface area contributed by atoms with Gasteiger partial charge >= 0.3 is 0 Å². The minimum Gasteiger partial charge on any atom is -0.350 e. The summed E-state index contributed by atoms with van der Waals surface area (Å²) in [6.45, 7) is 3.34. The summed E-state index contributed by atoms with van der Waals surface area (Å²) in [6, 6.07) is 8.13. The average Bonchev–Trinajstić information content (AvgIpc) is 3.12. The van der Waals surface area contributed by atoms with Crippen LogP contribution < -0.4 is 10.6 Å². The van der Waals surface area contributed by atoms with Crippen molar-refractivity contribution < 1.29 is 0 Å². The van der Waals surface area contributed by atoms with Crippen LogP contribution in [-0.2, 0) is 20.1 Å². The van der Waals surface area contributed by atoms with Crippen molar-refractivity contribution in [2.45, 2.75) is 20.0 Å². The Morgan fingerprint density at radius 3 is 2.74 bits per heavy atom. The number of fused-ring (bicyclic) bond motifs is 1. The molecule has 7 heteroatoms. The third-order valence-electron chi connectivity index (χ3n) is 3.59. The Hall–Kier alpha value is -2.41. The Kier molecular flexibility index (Phi) is 4.57. The van der Waals surface area contributed by atoms with Gasteiger partial charge in [-0.05, 0) is 19.1 Å². The molecule has 0 aliphatic carbocycles. The van der Waals surface area contributed by atoms with Gasteiger partial charge in [0.05, 0.1) is 24.1 Å². The molecule has 3 rings (SSSR count). The van der Waals surface area contributed by atoms with Crippen LogP contribution in [0.4, 0.5) is 0 Å². The second-order valence-corrected chi connectivity index (χ2v) is 6.54. The predicted octanol–water partition coefficient (Wildman–Crippen LogP) is 2.20. The first-order valence-corrected chi connectivity index (χ1v) is 8.25. The molecule has 0 unspecified atom stereocenters. The fraction of sp³-hybridized carbons (Fsp3) is 0.312. The van der Waals surface area contributed by atoms with E-state index in [-0.39, 0.29) is 0 Å². The largest absolute Gasteiger partial charge is 0.350 e. The van der Waals surface area contributed by atoms with Gasteiger partial charge in [-0.25, -0.2) is 9.97 Å². The van der Waals surface area contributed by atoms with E-state index in [0.717, 1.165) is 27.8 Å². The van der Waals surface area contributed by atoms with Gasteiger partial charge in [0.15, 0.2) is 5.96 Å². The second kappa shape index (κ2) is 6.78. The van der Waals surface area contributed by atoms with Crippen molar-refractivity contribution in [3.05, 3.63) is 46.2 Å². The van der Waals surface area contributed by atoms with Gasteiger partial charge in [-0.3, -0.25) is 4.99 Å². The fourth-order valence-electron chi connectivity index (χ4n) is 2.38. The van der Waals surface area contributed by atoms with Crippen LogP contribution >= 0.6 is 11.3 Å². The van der Waals surface area contributed by atoms with Gasteiger partial charge in [0.25, 0.3) is 0 Å². The Labute approximate surface area is 139 Å². The molecule has 2 N–H and O–H groups in total. The third kappa shape index (κ3) is 3.50. The number of hydrogen-bond donors (Lipinski definition) is 2. The Morgan fingerprint density at radius 1 is 1.26 bits per heavy atom. The summed E-state index contributed by atoms with van der Waals surface area (Å²) in [5, 5.41) is 7.62. The van der Waals surface area contributed by atoms with Crippen molar-refractivity contribution in [2.75, 3.05) is 7.05 Å². The number of nitrogens with zero attached hydrogens (tertiary/aromatic N) is 4. The Bertz CT molecular complexity index is 832. The minimum absolute atomic E-state index is 0.613. The van der Waals surface area contributed by atoms with Crippen molar-refractivity contribution in [3.63, 3.8) is 0 Å². The van der Waals surface area contributed by atoms with Gasteiger partial charge < -0.3 is 15.2 Å². The highest BCUT2D eigenvalue weighted by atomic mass is 32.1. The lowest BCUT2D eigenvalue weighted by atomic mass is 10.3. The van der Waals surface area contributed by atoms with E-state index in [4.69, 9.17) is 0 Å². The molecule has 0 aliphatic rings. The number of imidazole rings is 1. The molecule has 120 valence electrons. The van der Waals surface area contributed by atoms with Crippen LogP contribution in [0.1, 0.15) is 15.7 Å². The third-order valence-corrected chi connectivity index (χ3v) is 4.51. The van der Waals surface area contributed by atoms with Crippen LogP contribution in [0.25, 0.3) is 11.0 Å². The van der Waals surface area contributed by atoms with E-state index in [2.05, 4.69) is 43.2 Å². The number of aryl methyl sites for hydroxylation is 2. The molecule has 23 heavy (non-hydrogen) atoms. The van der Waals surface area contributed by atoms with Crippen LogP contribution in [0.3, 0.4) is 0 Å². The molecule has 0 saturated carbocycles. The molecule has 3 aromatic rings. The maximum atomic E-state index is 4.65. The number of aliphatic imine (C=N–C) groups is 1. The van der Waals surface area contributed by atoms with Gasteiger partial charge in [0.1, 0.15) is 10.8 Å². The normalized spacial score (nSPS) is 11.9. The highest BCUT2D eigenvalue weighted by Gasteiger charge is 2.08. The lowest BCUT2D eigenvalue weighted by molar-refractivity contribution is 0.735. The number of nitrogens with one attached hydrogen (secondary N) is 2. The van der Waals surface area contributed by atoms with Crippen LogP contribution in [0.5, 0.6) is 0 Å². The Balaban J connectivity index is 1.62. The lowest BCUT2D eigenvalue weighted by Gasteiger charge is -2.10. The smallest absolute Gasteiger partial charge is 0.191 e. The zero-order chi connectivity index (χ0) is 16.2. The fourth-order valence-corrected chi connectivity index (χ4v) is 3.11. The summed E-state index contributed by atoms with van der Waals surface area (Å²) >= 11 is 1.69. The molecule has 0 saturated heterocycles. The molecule has 2 aromatic heterocycles. The van der Waals surface area contributed by atoms with Gasteiger partial charge in [0, 0.05) is 25.2 Å². The maximum Gasteiger partial charge on any atom is 0.191 e. The molecule has 0 atom stereocenters. The SMILES string of the molecule is CN=C(NCc1ncc(C)s1)NCc1nc2ccccc2n1C. The summed E-state index contributed by atoms with van der Waals surface area (Å²) in [5.41, 5.74) is 2.14. The number of benzene rings is 1. The van der Waals surface area contributed by atoms with Crippen molar-refractivity contribution in [2.24, 2.45) is 12.0 Å². The van der Waals surface area contributed by atoms with Crippen molar-refractivity contribution in [1.29, 1.82) is 0 Å². The molecular weight excluding hydrogens is 308 g/mol. The van der Waals surface area contributed by atoms with Gasteiger partial charge in [-0.2, -0.15) is 0 Å². The molecule has 0 spiro atoms. The van der Waals surface area contributed by atoms with Gasteiger partial charge in [0.2, 0.25) is 0 Å². The first-order chi connectivity index (χ1) is 11.2. The first-order valence-electron chi connectivity index (χ1n) is 7.43.